The van der Waals surface area contributed by atoms with Crippen molar-refractivity contribution in [1.82, 2.24) is 4.90 Å². The molecule has 2 rings (SSSR count). The van der Waals surface area contributed by atoms with Gasteiger partial charge in [-0.15, -0.1) is 0 Å². The van der Waals surface area contributed by atoms with E-state index >= 15 is 0 Å². The van der Waals surface area contributed by atoms with Gasteiger partial charge in [0, 0.05) is 12.2 Å². The van der Waals surface area contributed by atoms with Crippen LogP contribution in [-0.2, 0) is 11.2 Å². The molecule has 2 aromatic carbocycles. The summed E-state index contributed by atoms with van der Waals surface area (Å²) in [6.45, 7) is 5.17. The lowest BCUT2D eigenvalue weighted by atomic mass is 10.1. The van der Waals surface area contributed by atoms with Crippen molar-refractivity contribution in [3.05, 3.63) is 53.1 Å². The largest absolute Gasteiger partial charge is 0.493 e. The smallest absolute Gasteiger partial charge is 0.238 e. The molecule has 0 aliphatic heterocycles. The zero-order chi connectivity index (χ0) is 19.1. The third-order valence-corrected chi connectivity index (χ3v) is 4.30. The summed E-state index contributed by atoms with van der Waals surface area (Å²) in [4.78, 5) is 14.3. The Labute approximate surface area is 155 Å². The first kappa shape index (κ1) is 19.8. The zero-order valence-electron chi connectivity index (χ0n) is 16.3. The molecule has 5 nitrogen and oxygen atoms in total. The number of aryl methyl sites for hydroxylation is 2. The number of carbonyl (C=O) groups is 1. The van der Waals surface area contributed by atoms with Crippen LogP contribution in [0, 0.1) is 13.8 Å². The van der Waals surface area contributed by atoms with Crippen LogP contribution in [0.3, 0.4) is 0 Å². The molecule has 0 aliphatic rings. The highest BCUT2D eigenvalue weighted by molar-refractivity contribution is 5.92. The first-order valence-corrected chi connectivity index (χ1v) is 8.69. The summed E-state index contributed by atoms with van der Waals surface area (Å²) >= 11 is 0. The number of anilines is 1. The number of ether oxygens (including phenoxy) is 2. The molecule has 140 valence electrons. The van der Waals surface area contributed by atoms with E-state index in [1.807, 2.05) is 56.1 Å². The van der Waals surface area contributed by atoms with Crippen molar-refractivity contribution in [2.45, 2.75) is 20.3 Å². The molecule has 0 spiro atoms. The van der Waals surface area contributed by atoms with Crippen molar-refractivity contribution in [3.63, 3.8) is 0 Å². The van der Waals surface area contributed by atoms with Crippen molar-refractivity contribution in [1.29, 1.82) is 0 Å². The Morgan fingerprint density at radius 1 is 1.04 bits per heavy atom. The van der Waals surface area contributed by atoms with Crippen molar-refractivity contribution in [2.24, 2.45) is 0 Å². The van der Waals surface area contributed by atoms with Crippen LogP contribution in [0.15, 0.2) is 36.4 Å². The highest BCUT2D eigenvalue weighted by Crippen LogP contribution is 2.27. The van der Waals surface area contributed by atoms with Crippen molar-refractivity contribution in [3.8, 4) is 11.5 Å². The van der Waals surface area contributed by atoms with E-state index < -0.39 is 0 Å². The molecule has 2 aromatic rings. The molecular weight excluding hydrogens is 328 g/mol. The lowest BCUT2D eigenvalue weighted by molar-refractivity contribution is -0.117. The van der Waals surface area contributed by atoms with Crippen LogP contribution in [0.4, 0.5) is 5.69 Å². The lowest BCUT2D eigenvalue weighted by Gasteiger charge is -2.17. The van der Waals surface area contributed by atoms with Gasteiger partial charge in [-0.1, -0.05) is 23.8 Å². The molecule has 0 fully saturated rings. The molecule has 0 saturated heterocycles. The molecule has 1 N–H and O–H groups in total. The minimum Gasteiger partial charge on any atom is -0.493 e. The number of likely N-dealkylation sites (N-methyl/N-ethyl adjacent to an activating group) is 1. The number of carbonyl (C=O) groups excluding carboxylic acids is 1. The van der Waals surface area contributed by atoms with Crippen LogP contribution in [-0.4, -0.2) is 45.2 Å². The number of hydrogen-bond acceptors (Lipinski definition) is 4. The van der Waals surface area contributed by atoms with Crippen LogP contribution >= 0.6 is 0 Å². The van der Waals surface area contributed by atoms with Crippen molar-refractivity contribution in [2.75, 3.05) is 39.7 Å². The van der Waals surface area contributed by atoms with Crippen LogP contribution in [0.5, 0.6) is 11.5 Å². The molecule has 0 radical (unpaired) electrons. The highest BCUT2D eigenvalue weighted by Gasteiger charge is 2.10. The Kier molecular flexibility index (Phi) is 7.04. The molecule has 0 unspecified atom stereocenters. The van der Waals surface area contributed by atoms with E-state index in [2.05, 4.69) is 11.4 Å². The Morgan fingerprint density at radius 3 is 2.42 bits per heavy atom. The van der Waals surface area contributed by atoms with Crippen LogP contribution < -0.4 is 14.8 Å². The quantitative estimate of drug-likeness (QED) is 0.787. The van der Waals surface area contributed by atoms with Gasteiger partial charge in [-0.2, -0.15) is 0 Å². The summed E-state index contributed by atoms with van der Waals surface area (Å²) in [5.74, 6) is 1.43. The highest BCUT2D eigenvalue weighted by atomic mass is 16.5. The van der Waals surface area contributed by atoms with Gasteiger partial charge in [0.2, 0.25) is 5.91 Å². The fraction of sp³-hybridized carbons (Fsp3) is 0.381. The van der Waals surface area contributed by atoms with E-state index in [4.69, 9.17) is 9.47 Å². The molecule has 26 heavy (non-hydrogen) atoms. The van der Waals surface area contributed by atoms with Crippen molar-refractivity contribution < 1.29 is 14.3 Å². The Morgan fingerprint density at radius 2 is 1.77 bits per heavy atom. The fourth-order valence-corrected chi connectivity index (χ4v) is 2.82. The predicted molar refractivity (Wildman–Crippen MR) is 105 cm³/mol. The number of hydrogen-bond donors (Lipinski definition) is 1. The SMILES string of the molecule is COc1ccc(CCN(C)CC(=O)Nc2ccc(C)cc2C)cc1OC. The molecule has 0 bridgehead atoms. The third kappa shape index (κ3) is 5.49. The van der Waals surface area contributed by atoms with Gasteiger partial charge in [-0.25, -0.2) is 0 Å². The molecular formula is C21H28N2O3. The van der Waals surface area contributed by atoms with E-state index in [-0.39, 0.29) is 5.91 Å². The molecule has 0 aliphatic carbocycles. The Balaban J connectivity index is 1.86. The van der Waals surface area contributed by atoms with Crippen molar-refractivity contribution >= 4 is 11.6 Å². The second kappa shape index (κ2) is 9.25. The van der Waals surface area contributed by atoms with Gasteiger partial charge >= 0.3 is 0 Å². The maximum atomic E-state index is 12.3. The maximum absolute atomic E-state index is 12.3. The molecule has 0 atom stereocenters. The molecule has 0 heterocycles. The van der Waals surface area contributed by atoms with Gasteiger partial charge < -0.3 is 14.8 Å². The second-order valence-corrected chi connectivity index (χ2v) is 6.54. The summed E-state index contributed by atoms with van der Waals surface area (Å²) in [5, 5.41) is 2.98. The van der Waals surface area contributed by atoms with E-state index in [1.54, 1.807) is 14.2 Å². The summed E-state index contributed by atoms with van der Waals surface area (Å²) in [6.07, 6.45) is 0.827. The number of nitrogens with one attached hydrogen (secondary N) is 1. The average Bonchev–Trinajstić information content (AvgIpc) is 2.62. The summed E-state index contributed by atoms with van der Waals surface area (Å²) < 4.78 is 10.6. The van der Waals surface area contributed by atoms with Gasteiger partial charge in [0.1, 0.15) is 0 Å². The lowest BCUT2D eigenvalue weighted by Crippen LogP contribution is -2.31. The number of benzene rings is 2. The summed E-state index contributed by atoms with van der Waals surface area (Å²) in [6, 6.07) is 11.9. The number of amides is 1. The zero-order valence-corrected chi connectivity index (χ0v) is 16.3. The fourth-order valence-electron chi connectivity index (χ4n) is 2.82. The normalized spacial score (nSPS) is 10.7. The minimum absolute atomic E-state index is 0.00763. The Bertz CT molecular complexity index is 759. The van der Waals surface area contributed by atoms with Gasteiger partial charge in [0.15, 0.2) is 11.5 Å². The predicted octanol–water partition coefficient (Wildman–Crippen LogP) is 3.43. The van der Waals surface area contributed by atoms with Gasteiger partial charge in [-0.3, -0.25) is 9.69 Å². The first-order valence-electron chi connectivity index (χ1n) is 8.69. The molecule has 0 aromatic heterocycles. The van der Waals surface area contributed by atoms with E-state index in [1.165, 1.54) is 5.56 Å². The van der Waals surface area contributed by atoms with Crippen LogP contribution in [0.2, 0.25) is 0 Å². The summed E-state index contributed by atoms with van der Waals surface area (Å²) in [7, 11) is 5.20. The first-order chi connectivity index (χ1) is 12.4. The van der Waals surface area contributed by atoms with Gasteiger partial charge in [-0.05, 0) is 56.6 Å². The Hall–Kier alpha value is -2.53. The summed E-state index contributed by atoms with van der Waals surface area (Å²) in [5.41, 5.74) is 4.28. The van der Waals surface area contributed by atoms with Crippen LogP contribution in [0.1, 0.15) is 16.7 Å². The third-order valence-electron chi connectivity index (χ3n) is 4.30. The van der Waals surface area contributed by atoms with Crippen LogP contribution in [0.25, 0.3) is 0 Å². The molecule has 0 saturated carbocycles. The molecule has 5 heteroatoms. The van der Waals surface area contributed by atoms with E-state index in [0.29, 0.717) is 6.54 Å². The van der Waals surface area contributed by atoms with E-state index in [0.717, 1.165) is 41.3 Å². The minimum atomic E-state index is -0.00763. The number of nitrogens with zero attached hydrogens (tertiary/aromatic N) is 1. The standard InChI is InChI=1S/C21H28N2O3/c1-15-6-8-18(16(2)12-15)22-21(24)14-23(3)11-10-17-7-9-19(25-4)20(13-17)26-5/h6-9,12-13H,10-11,14H2,1-5H3,(H,22,24). The van der Waals surface area contributed by atoms with E-state index in [9.17, 15) is 4.79 Å². The monoisotopic (exact) mass is 356 g/mol. The topological polar surface area (TPSA) is 50.8 Å². The number of rotatable bonds is 8. The molecule has 1 amide bonds. The average molecular weight is 356 g/mol. The maximum Gasteiger partial charge on any atom is 0.238 e. The van der Waals surface area contributed by atoms with Gasteiger partial charge in [0.05, 0.1) is 20.8 Å². The van der Waals surface area contributed by atoms with Gasteiger partial charge in [0.25, 0.3) is 0 Å². The number of methoxy groups -OCH3 is 2. The second-order valence-electron chi connectivity index (χ2n) is 6.54.